The van der Waals surface area contributed by atoms with Gasteiger partial charge in [-0.25, -0.2) is 0 Å². The van der Waals surface area contributed by atoms with Crippen LogP contribution in [0, 0.1) is 6.92 Å². The number of hydrogen-bond donors (Lipinski definition) is 1. The number of nitrogens with one attached hydrogen (secondary N) is 1. The van der Waals surface area contributed by atoms with Crippen LogP contribution < -0.4 is 5.32 Å². The molecule has 0 saturated heterocycles. The molecule has 0 aliphatic heterocycles. The molecule has 0 aliphatic carbocycles. The highest BCUT2D eigenvalue weighted by atomic mass is 32.1. The number of aryl methyl sites for hydroxylation is 1. The molecule has 0 radical (unpaired) electrons. The molecule has 3 nitrogen and oxygen atoms in total. The number of nitrogens with zero attached hydrogens (tertiary/aromatic N) is 1. The Morgan fingerprint density at radius 3 is 2.93 bits per heavy atom. The van der Waals surface area contributed by atoms with Crippen LogP contribution in [0.4, 0.5) is 5.69 Å². The van der Waals surface area contributed by atoms with Gasteiger partial charge in [0.25, 0.3) is 5.91 Å². The standard InChI is InChI=1S/C11H10N2OS/c1-8-4-6-15-10(8)11(14)13-9-3-2-5-12-7-9/h2-7H,1H3,(H,13,14). The first-order chi connectivity index (χ1) is 7.27. The average Bonchev–Trinajstić information content (AvgIpc) is 2.66. The first-order valence-corrected chi connectivity index (χ1v) is 5.41. The molecule has 0 unspecified atom stereocenters. The molecule has 0 fully saturated rings. The summed E-state index contributed by atoms with van der Waals surface area (Å²) in [6.45, 7) is 1.93. The fourth-order valence-electron chi connectivity index (χ4n) is 1.23. The Bertz CT molecular complexity index is 464. The Kier molecular flexibility index (Phi) is 2.78. The van der Waals surface area contributed by atoms with Crippen LogP contribution in [0.5, 0.6) is 0 Å². The molecule has 76 valence electrons. The van der Waals surface area contributed by atoms with Crippen molar-refractivity contribution in [3.8, 4) is 0 Å². The van der Waals surface area contributed by atoms with Crippen LogP contribution in [-0.4, -0.2) is 10.9 Å². The molecule has 4 heteroatoms. The molecule has 0 bridgehead atoms. The Morgan fingerprint density at radius 1 is 1.47 bits per heavy atom. The summed E-state index contributed by atoms with van der Waals surface area (Å²) in [6, 6.07) is 5.54. The quantitative estimate of drug-likeness (QED) is 0.842. The van der Waals surface area contributed by atoms with E-state index >= 15 is 0 Å². The maximum Gasteiger partial charge on any atom is 0.266 e. The molecule has 2 aromatic rings. The highest BCUT2D eigenvalue weighted by Gasteiger charge is 2.09. The second-order valence-corrected chi connectivity index (χ2v) is 4.04. The summed E-state index contributed by atoms with van der Waals surface area (Å²) in [5.74, 6) is -0.0736. The number of aromatic nitrogens is 1. The Hall–Kier alpha value is -1.68. The van der Waals surface area contributed by atoms with E-state index in [9.17, 15) is 4.79 Å². The molecule has 2 heterocycles. The van der Waals surface area contributed by atoms with Crippen molar-refractivity contribution < 1.29 is 4.79 Å². The highest BCUT2D eigenvalue weighted by molar-refractivity contribution is 7.12. The van der Waals surface area contributed by atoms with E-state index < -0.39 is 0 Å². The van der Waals surface area contributed by atoms with Crippen molar-refractivity contribution in [1.82, 2.24) is 4.98 Å². The number of pyridine rings is 1. The molecule has 0 atom stereocenters. The topological polar surface area (TPSA) is 42.0 Å². The van der Waals surface area contributed by atoms with Crippen LogP contribution in [0.15, 0.2) is 36.0 Å². The predicted octanol–water partition coefficient (Wildman–Crippen LogP) is 2.70. The van der Waals surface area contributed by atoms with Crippen LogP contribution in [0.2, 0.25) is 0 Å². The van der Waals surface area contributed by atoms with Gasteiger partial charge in [-0.2, -0.15) is 0 Å². The molecule has 0 spiro atoms. The van der Waals surface area contributed by atoms with E-state index in [1.165, 1.54) is 11.3 Å². The summed E-state index contributed by atoms with van der Waals surface area (Å²) in [4.78, 5) is 16.4. The number of anilines is 1. The summed E-state index contributed by atoms with van der Waals surface area (Å²) >= 11 is 1.44. The Labute approximate surface area is 91.8 Å². The molecule has 2 rings (SSSR count). The number of carbonyl (C=O) groups excluding carboxylic acids is 1. The predicted molar refractivity (Wildman–Crippen MR) is 61.2 cm³/mol. The molecule has 15 heavy (non-hydrogen) atoms. The van der Waals surface area contributed by atoms with Gasteiger partial charge in [0.15, 0.2) is 0 Å². The van der Waals surface area contributed by atoms with Crippen molar-refractivity contribution in [1.29, 1.82) is 0 Å². The van der Waals surface area contributed by atoms with Gasteiger partial charge >= 0.3 is 0 Å². The maximum atomic E-state index is 11.8. The molecular weight excluding hydrogens is 208 g/mol. The first-order valence-electron chi connectivity index (χ1n) is 4.53. The minimum Gasteiger partial charge on any atom is -0.320 e. The molecule has 2 aromatic heterocycles. The third kappa shape index (κ3) is 2.22. The molecule has 0 aliphatic rings. The third-order valence-electron chi connectivity index (χ3n) is 1.99. The minimum atomic E-state index is -0.0736. The lowest BCUT2D eigenvalue weighted by Gasteiger charge is -2.02. The van der Waals surface area contributed by atoms with Gasteiger partial charge in [0.2, 0.25) is 0 Å². The van der Waals surface area contributed by atoms with Gasteiger partial charge < -0.3 is 5.32 Å². The van der Waals surface area contributed by atoms with Crippen LogP contribution in [0.1, 0.15) is 15.2 Å². The van der Waals surface area contributed by atoms with Crippen molar-refractivity contribution >= 4 is 22.9 Å². The Balaban J connectivity index is 2.15. The fourth-order valence-corrected chi connectivity index (χ4v) is 2.05. The second-order valence-electron chi connectivity index (χ2n) is 3.13. The van der Waals surface area contributed by atoms with Crippen molar-refractivity contribution in [2.75, 3.05) is 5.32 Å². The van der Waals surface area contributed by atoms with Gasteiger partial charge in [0, 0.05) is 6.20 Å². The van der Waals surface area contributed by atoms with E-state index in [-0.39, 0.29) is 5.91 Å². The van der Waals surface area contributed by atoms with Crippen molar-refractivity contribution in [3.05, 3.63) is 46.4 Å². The van der Waals surface area contributed by atoms with Crippen LogP contribution >= 0.6 is 11.3 Å². The van der Waals surface area contributed by atoms with E-state index in [2.05, 4.69) is 10.3 Å². The molecule has 1 amide bonds. The van der Waals surface area contributed by atoms with Crippen molar-refractivity contribution in [2.45, 2.75) is 6.92 Å². The van der Waals surface area contributed by atoms with Crippen molar-refractivity contribution in [2.24, 2.45) is 0 Å². The largest absolute Gasteiger partial charge is 0.320 e. The van der Waals surface area contributed by atoms with Crippen LogP contribution in [-0.2, 0) is 0 Å². The second kappa shape index (κ2) is 4.23. The first kappa shape index (κ1) is 9.86. The monoisotopic (exact) mass is 218 g/mol. The van der Waals surface area contributed by atoms with Crippen molar-refractivity contribution in [3.63, 3.8) is 0 Å². The summed E-state index contributed by atoms with van der Waals surface area (Å²) in [5, 5.41) is 4.70. The summed E-state index contributed by atoms with van der Waals surface area (Å²) in [7, 11) is 0. The van der Waals surface area contributed by atoms with E-state index in [0.29, 0.717) is 0 Å². The molecule has 1 N–H and O–H groups in total. The zero-order chi connectivity index (χ0) is 10.7. The molecule has 0 aromatic carbocycles. The van der Waals surface area contributed by atoms with Gasteiger partial charge in [0.05, 0.1) is 16.8 Å². The SMILES string of the molecule is Cc1ccsc1C(=O)Nc1cccnc1. The van der Waals surface area contributed by atoms with Crippen LogP contribution in [0.3, 0.4) is 0 Å². The number of amides is 1. The number of hydrogen-bond acceptors (Lipinski definition) is 3. The molecular formula is C11H10N2OS. The van der Waals surface area contributed by atoms with E-state index in [1.54, 1.807) is 18.5 Å². The van der Waals surface area contributed by atoms with Gasteiger partial charge in [-0.15, -0.1) is 11.3 Å². The maximum absolute atomic E-state index is 11.8. The van der Waals surface area contributed by atoms with Gasteiger partial charge in [-0.3, -0.25) is 9.78 Å². The lowest BCUT2D eigenvalue weighted by atomic mass is 10.3. The van der Waals surface area contributed by atoms with E-state index in [0.717, 1.165) is 16.1 Å². The molecule has 0 saturated carbocycles. The van der Waals surface area contributed by atoms with E-state index in [4.69, 9.17) is 0 Å². The number of thiophene rings is 1. The minimum absolute atomic E-state index is 0.0736. The van der Waals surface area contributed by atoms with Gasteiger partial charge in [0.1, 0.15) is 0 Å². The summed E-state index contributed by atoms with van der Waals surface area (Å²) < 4.78 is 0. The summed E-state index contributed by atoms with van der Waals surface area (Å²) in [5.41, 5.74) is 1.72. The van der Waals surface area contributed by atoms with Gasteiger partial charge in [-0.05, 0) is 36.1 Å². The average molecular weight is 218 g/mol. The lowest BCUT2D eigenvalue weighted by Crippen LogP contribution is -2.11. The lowest BCUT2D eigenvalue weighted by molar-refractivity contribution is 0.103. The van der Waals surface area contributed by atoms with E-state index in [1.807, 2.05) is 24.4 Å². The van der Waals surface area contributed by atoms with Crippen LogP contribution in [0.25, 0.3) is 0 Å². The zero-order valence-electron chi connectivity index (χ0n) is 8.23. The summed E-state index contributed by atoms with van der Waals surface area (Å²) in [6.07, 6.45) is 3.30. The Morgan fingerprint density at radius 2 is 2.33 bits per heavy atom. The highest BCUT2D eigenvalue weighted by Crippen LogP contribution is 2.17. The number of rotatable bonds is 2. The zero-order valence-corrected chi connectivity index (χ0v) is 9.04. The van der Waals surface area contributed by atoms with Gasteiger partial charge in [-0.1, -0.05) is 0 Å². The fraction of sp³-hybridized carbons (Fsp3) is 0.0909. The smallest absolute Gasteiger partial charge is 0.266 e. The number of carbonyl (C=O) groups is 1. The third-order valence-corrected chi connectivity index (χ3v) is 3.00. The normalized spacial score (nSPS) is 9.93.